The molecule has 0 bridgehead atoms. The third kappa shape index (κ3) is 0.910. The molecule has 1 saturated heterocycles. The first-order chi connectivity index (χ1) is 6.68. The summed E-state index contributed by atoms with van der Waals surface area (Å²) in [6, 6.07) is 0. The summed E-state index contributed by atoms with van der Waals surface area (Å²) in [5, 5.41) is 4.17. The maximum atomic E-state index is 5.89. The third-order valence-corrected chi connectivity index (χ3v) is 3.86. The molecule has 2 fully saturated rings. The second-order valence-electron chi connectivity index (χ2n) is 4.64. The number of aromatic nitrogens is 2. The van der Waals surface area contributed by atoms with E-state index < -0.39 is 0 Å². The number of nitrogens with zero attached hydrogens (tertiary/aromatic N) is 3. The minimum atomic E-state index is 0.807. The fourth-order valence-corrected chi connectivity index (χ4v) is 2.83. The van der Waals surface area contributed by atoms with Crippen LogP contribution >= 0.6 is 0 Å². The van der Waals surface area contributed by atoms with Crippen LogP contribution in [0.25, 0.3) is 0 Å². The van der Waals surface area contributed by atoms with Crippen molar-refractivity contribution >= 4 is 11.5 Å². The van der Waals surface area contributed by atoms with E-state index in [1.165, 1.54) is 0 Å². The van der Waals surface area contributed by atoms with Gasteiger partial charge in [0.05, 0.1) is 11.9 Å². The van der Waals surface area contributed by atoms with E-state index in [0.717, 1.165) is 42.3 Å². The Hall–Kier alpha value is -1.19. The van der Waals surface area contributed by atoms with Crippen molar-refractivity contribution < 1.29 is 0 Å². The monoisotopic (exact) mass is 192 g/mol. The second kappa shape index (κ2) is 2.43. The van der Waals surface area contributed by atoms with Crippen molar-refractivity contribution in [2.45, 2.75) is 6.92 Å². The van der Waals surface area contributed by atoms with Gasteiger partial charge < -0.3 is 10.6 Å². The summed E-state index contributed by atoms with van der Waals surface area (Å²) in [4.78, 5) is 2.37. The summed E-state index contributed by atoms with van der Waals surface area (Å²) in [6.07, 6.45) is 1.74. The first-order valence-corrected chi connectivity index (χ1v) is 5.21. The van der Waals surface area contributed by atoms with E-state index in [1.807, 2.05) is 11.7 Å². The maximum absolute atomic E-state index is 5.89. The molecule has 1 aliphatic heterocycles. The van der Waals surface area contributed by atoms with Crippen molar-refractivity contribution in [2.75, 3.05) is 23.7 Å². The molecule has 0 spiro atoms. The molecule has 0 aromatic carbocycles. The van der Waals surface area contributed by atoms with E-state index in [4.69, 9.17) is 5.73 Å². The summed E-state index contributed by atoms with van der Waals surface area (Å²) < 4.78 is 1.88. The number of nitrogens with two attached hydrogens (primary N) is 1. The molecular formula is C10H16N4. The highest BCUT2D eigenvalue weighted by molar-refractivity contribution is 5.63. The first kappa shape index (κ1) is 8.15. The van der Waals surface area contributed by atoms with E-state index in [9.17, 15) is 0 Å². The van der Waals surface area contributed by atoms with Crippen LogP contribution in [0.5, 0.6) is 0 Å². The average Bonchev–Trinajstić information content (AvgIpc) is 2.56. The molecule has 14 heavy (non-hydrogen) atoms. The molecule has 2 unspecified atom stereocenters. The average molecular weight is 192 g/mol. The number of hydrogen-bond acceptors (Lipinski definition) is 3. The minimum absolute atomic E-state index is 0.807. The lowest BCUT2D eigenvalue weighted by atomic mass is 10.3. The number of fused-ring (bicyclic) bond motifs is 1. The highest BCUT2D eigenvalue weighted by Gasteiger charge is 2.53. The molecule has 3 rings (SSSR count). The summed E-state index contributed by atoms with van der Waals surface area (Å²) in [7, 11) is 1.96. The fourth-order valence-electron chi connectivity index (χ4n) is 2.83. The molecule has 2 N–H and O–H groups in total. The van der Waals surface area contributed by atoms with Gasteiger partial charge >= 0.3 is 0 Å². The molecule has 4 nitrogen and oxygen atoms in total. The van der Waals surface area contributed by atoms with E-state index in [1.54, 1.807) is 6.20 Å². The van der Waals surface area contributed by atoms with Crippen molar-refractivity contribution in [3.05, 3.63) is 6.20 Å². The van der Waals surface area contributed by atoms with Crippen LogP contribution in [0.15, 0.2) is 6.20 Å². The zero-order chi connectivity index (χ0) is 9.87. The molecule has 0 amide bonds. The molecule has 1 aromatic heterocycles. The molecule has 1 aromatic rings. The highest BCUT2D eigenvalue weighted by atomic mass is 15.4. The molecule has 4 heteroatoms. The largest absolute Gasteiger partial charge is 0.394 e. The summed E-state index contributed by atoms with van der Waals surface area (Å²) >= 11 is 0. The van der Waals surface area contributed by atoms with Crippen LogP contribution in [0.1, 0.15) is 6.92 Å². The fraction of sp³-hybridized carbons (Fsp3) is 0.700. The smallest absolute Gasteiger partial charge is 0.150 e. The lowest BCUT2D eigenvalue weighted by Crippen LogP contribution is -2.26. The first-order valence-electron chi connectivity index (χ1n) is 5.21. The predicted molar refractivity (Wildman–Crippen MR) is 56.0 cm³/mol. The zero-order valence-corrected chi connectivity index (χ0v) is 8.64. The summed E-state index contributed by atoms with van der Waals surface area (Å²) in [5.74, 6) is 3.85. The Morgan fingerprint density at radius 2 is 2.07 bits per heavy atom. The van der Waals surface area contributed by atoms with Crippen LogP contribution in [0.4, 0.5) is 11.5 Å². The normalized spacial score (nSPS) is 34.7. The number of nitrogen functional groups attached to an aromatic ring is 1. The molecule has 2 aliphatic rings. The lowest BCUT2D eigenvalue weighted by Gasteiger charge is -2.21. The molecule has 76 valence electrons. The molecule has 2 heterocycles. The highest BCUT2D eigenvalue weighted by Crippen LogP contribution is 2.52. The Balaban J connectivity index is 1.85. The molecule has 1 saturated carbocycles. The Labute approximate surface area is 83.7 Å². The van der Waals surface area contributed by atoms with Crippen LogP contribution in [0.3, 0.4) is 0 Å². The number of anilines is 2. The molecule has 1 aliphatic carbocycles. The number of rotatable bonds is 1. The van der Waals surface area contributed by atoms with E-state index >= 15 is 0 Å². The van der Waals surface area contributed by atoms with Crippen molar-refractivity contribution in [3.63, 3.8) is 0 Å². The predicted octanol–water partition coefficient (Wildman–Crippen LogP) is 0.704. The van der Waals surface area contributed by atoms with Gasteiger partial charge in [-0.1, -0.05) is 6.92 Å². The van der Waals surface area contributed by atoms with E-state index in [0.29, 0.717) is 0 Å². The third-order valence-electron chi connectivity index (χ3n) is 3.86. The molecular weight excluding hydrogens is 176 g/mol. The Kier molecular flexibility index (Phi) is 1.42. The Morgan fingerprint density at radius 1 is 1.43 bits per heavy atom. The van der Waals surface area contributed by atoms with Gasteiger partial charge in [-0.2, -0.15) is 5.10 Å². The second-order valence-corrected chi connectivity index (χ2v) is 4.64. The van der Waals surface area contributed by atoms with Crippen LogP contribution in [0.2, 0.25) is 0 Å². The standard InChI is InChI=1S/C10H16N4/c1-6-7-4-14(5-8(6)7)10-9(11)3-12-13(10)2/h3,6-8H,4-5,11H2,1-2H3. The van der Waals surface area contributed by atoms with E-state index in [-0.39, 0.29) is 0 Å². The van der Waals surface area contributed by atoms with Crippen LogP contribution in [0, 0.1) is 17.8 Å². The van der Waals surface area contributed by atoms with Crippen LogP contribution in [-0.4, -0.2) is 22.9 Å². The van der Waals surface area contributed by atoms with Gasteiger partial charge in [0, 0.05) is 20.1 Å². The quantitative estimate of drug-likeness (QED) is 0.712. The number of aryl methyl sites for hydroxylation is 1. The van der Waals surface area contributed by atoms with Gasteiger partial charge in [-0.15, -0.1) is 0 Å². The minimum Gasteiger partial charge on any atom is -0.394 e. The van der Waals surface area contributed by atoms with Gasteiger partial charge in [-0.3, -0.25) is 4.68 Å². The van der Waals surface area contributed by atoms with Crippen molar-refractivity contribution in [1.29, 1.82) is 0 Å². The van der Waals surface area contributed by atoms with Gasteiger partial charge in [-0.25, -0.2) is 0 Å². The summed E-state index contributed by atoms with van der Waals surface area (Å²) in [5.41, 5.74) is 6.70. The van der Waals surface area contributed by atoms with Gasteiger partial charge in [0.2, 0.25) is 0 Å². The van der Waals surface area contributed by atoms with Gasteiger partial charge in [-0.05, 0) is 17.8 Å². The maximum Gasteiger partial charge on any atom is 0.150 e. The summed E-state index contributed by atoms with van der Waals surface area (Å²) in [6.45, 7) is 4.67. The van der Waals surface area contributed by atoms with Gasteiger partial charge in [0.1, 0.15) is 5.82 Å². The van der Waals surface area contributed by atoms with E-state index in [2.05, 4.69) is 16.9 Å². The topological polar surface area (TPSA) is 47.1 Å². The van der Waals surface area contributed by atoms with Gasteiger partial charge in [0.15, 0.2) is 0 Å². The van der Waals surface area contributed by atoms with Crippen molar-refractivity contribution in [3.8, 4) is 0 Å². The van der Waals surface area contributed by atoms with Crippen LogP contribution in [-0.2, 0) is 7.05 Å². The molecule has 2 atom stereocenters. The van der Waals surface area contributed by atoms with Crippen LogP contribution < -0.4 is 10.6 Å². The number of hydrogen-bond donors (Lipinski definition) is 1. The Bertz CT molecular complexity index is 339. The number of piperidine rings is 1. The SMILES string of the molecule is CC1C2CN(c3c(N)cnn3C)CC12. The van der Waals surface area contributed by atoms with Crippen molar-refractivity contribution in [2.24, 2.45) is 24.8 Å². The van der Waals surface area contributed by atoms with Gasteiger partial charge in [0.25, 0.3) is 0 Å². The lowest BCUT2D eigenvalue weighted by molar-refractivity contribution is 0.658. The zero-order valence-electron chi connectivity index (χ0n) is 8.64. The Morgan fingerprint density at radius 3 is 2.57 bits per heavy atom. The van der Waals surface area contributed by atoms with Crippen molar-refractivity contribution in [1.82, 2.24) is 9.78 Å². The molecule has 0 radical (unpaired) electrons.